The second-order valence-electron chi connectivity index (χ2n) is 4.83. The quantitative estimate of drug-likeness (QED) is 0.743. The largest absolute Gasteiger partial charge is 0.431 e. The Morgan fingerprint density at radius 3 is 2.53 bits per heavy atom. The van der Waals surface area contributed by atoms with Crippen LogP contribution in [0.15, 0.2) is 42.7 Å². The molecule has 1 fully saturated rings. The molecule has 1 aromatic rings. The Morgan fingerprint density at radius 1 is 1.35 bits per heavy atom. The van der Waals surface area contributed by atoms with E-state index < -0.39 is 0 Å². The van der Waals surface area contributed by atoms with Crippen LogP contribution < -0.4 is 0 Å². The molecule has 1 aromatic carbocycles. The van der Waals surface area contributed by atoms with Gasteiger partial charge in [0.25, 0.3) is 0 Å². The summed E-state index contributed by atoms with van der Waals surface area (Å²) >= 11 is 0. The topological polar surface area (TPSA) is 26.3 Å². The molecule has 3 atom stereocenters. The molecular formula is C15H18O2. The number of esters is 1. The Hall–Kier alpha value is -1.57. The van der Waals surface area contributed by atoms with Gasteiger partial charge in [0, 0.05) is 5.92 Å². The van der Waals surface area contributed by atoms with Crippen molar-refractivity contribution < 1.29 is 9.53 Å². The van der Waals surface area contributed by atoms with Crippen molar-refractivity contribution in [1.29, 1.82) is 0 Å². The zero-order valence-corrected chi connectivity index (χ0v) is 10.3. The lowest BCUT2D eigenvalue weighted by atomic mass is 9.84. The number of benzene rings is 1. The highest BCUT2D eigenvalue weighted by Crippen LogP contribution is 2.36. The molecule has 0 spiro atoms. The van der Waals surface area contributed by atoms with E-state index in [1.54, 1.807) is 0 Å². The number of rotatable bonds is 3. The first-order valence-electron chi connectivity index (χ1n) is 6.05. The van der Waals surface area contributed by atoms with Gasteiger partial charge in [-0.25, -0.2) is 0 Å². The SMILES string of the molecule is C=C1OC(=O)C(CC(C)c2ccccc2)C1C. The van der Waals surface area contributed by atoms with Crippen LogP contribution >= 0.6 is 0 Å². The number of ether oxygens (including phenoxy) is 1. The molecule has 17 heavy (non-hydrogen) atoms. The highest BCUT2D eigenvalue weighted by molar-refractivity contribution is 5.77. The number of cyclic esters (lactones) is 1. The molecule has 0 saturated carbocycles. The Kier molecular flexibility index (Phi) is 3.32. The monoisotopic (exact) mass is 230 g/mol. The third-order valence-corrected chi connectivity index (χ3v) is 3.62. The highest BCUT2D eigenvalue weighted by Gasteiger charge is 2.37. The number of allylic oxidation sites excluding steroid dienone is 1. The standard InChI is InChI=1S/C15H18O2/c1-10(13-7-5-4-6-8-13)9-14-11(2)12(3)17-15(14)16/h4-8,10-11,14H,3,9H2,1-2H3. The molecule has 0 amide bonds. The van der Waals surface area contributed by atoms with Crippen molar-refractivity contribution in [3.8, 4) is 0 Å². The lowest BCUT2D eigenvalue weighted by molar-refractivity contribution is -0.139. The second-order valence-corrected chi connectivity index (χ2v) is 4.83. The minimum absolute atomic E-state index is 0.0438. The molecular weight excluding hydrogens is 212 g/mol. The summed E-state index contributed by atoms with van der Waals surface area (Å²) in [6, 6.07) is 10.3. The number of hydrogen-bond acceptors (Lipinski definition) is 2. The van der Waals surface area contributed by atoms with Crippen LogP contribution in [0.4, 0.5) is 0 Å². The predicted molar refractivity (Wildman–Crippen MR) is 67.4 cm³/mol. The summed E-state index contributed by atoms with van der Waals surface area (Å²) in [6.45, 7) is 7.93. The zero-order chi connectivity index (χ0) is 12.4. The Morgan fingerprint density at radius 2 is 2.00 bits per heavy atom. The van der Waals surface area contributed by atoms with E-state index in [1.807, 2.05) is 25.1 Å². The average molecular weight is 230 g/mol. The van der Waals surface area contributed by atoms with E-state index in [1.165, 1.54) is 5.56 Å². The number of carbonyl (C=O) groups is 1. The molecule has 2 rings (SSSR count). The fraction of sp³-hybridized carbons (Fsp3) is 0.400. The van der Waals surface area contributed by atoms with E-state index in [9.17, 15) is 4.79 Å². The van der Waals surface area contributed by atoms with Gasteiger partial charge in [-0.1, -0.05) is 50.8 Å². The summed E-state index contributed by atoms with van der Waals surface area (Å²) < 4.78 is 5.09. The fourth-order valence-electron chi connectivity index (χ4n) is 2.33. The first-order chi connectivity index (χ1) is 8.09. The third kappa shape index (κ3) is 2.41. The van der Waals surface area contributed by atoms with Gasteiger partial charge in [0.05, 0.1) is 5.92 Å². The minimum Gasteiger partial charge on any atom is -0.431 e. The molecule has 2 nitrogen and oxygen atoms in total. The first-order valence-corrected chi connectivity index (χ1v) is 6.05. The molecule has 1 aliphatic heterocycles. The first kappa shape index (κ1) is 11.9. The van der Waals surface area contributed by atoms with Crippen LogP contribution in [0.2, 0.25) is 0 Å². The second kappa shape index (κ2) is 4.74. The molecule has 1 aliphatic rings. The Bertz CT molecular complexity index is 422. The number of hydrogen-bond donors (Lipinski definition) is 0. The normalized spacial score (nSPS) is 25.8. The van der Waals surface area contributed by atoms with Crippen molar-refractivity contribution in [2.24, 2.45) is 11.8 Å². The van der Waals surface area contributed by atoms with Crippen molar-refractivity contribution in [1.82, 2.24) is 0 Å². The van der Waals surface area contributed by atoms with Crippen molar-refractivity contribution >= 4 is 5.97 Å². The van der Waals surface area contributed by atoms with E-state index >= 15 is 0 Å². The van der Waals surface area contributed by atoms with E-state index in [2.05, 4.69) is 25.6 Å². The average Bonchev–Trinajstić information content (AvgIpc) is 2.57. The van der Waals surface area contributed by atoms with Gasteiger partial charge < -0.3 is 4.74 Å². The van der Waals surface area contributed by atoms with Gasteiger partial charge in [0.1, 0.15) is 5.76 Å². The van der Waals surface area contributed by atoms with E-state index in [0.29, 0.717) is 11.7 Å². The van der Waals surface area contributed by atoms with Crippen molar-refractivity contribution in [3.63, 3.8) is 0 Å². The Labute approximate surface area is 102 Å². The Balaban J connectivity index is 2.07. The van der Waals surface area contributed by atoms with Crippen LogP contribution in [0.3, 0.4) is 0 Å². The van der Waals surface area contributed by atoms with Crippen LogP contribution in [-0.4, -0.2) is 5.97 Å². The van der Waals surface area contributed by atoms with Crippen molar-refractivity contribution in [2.45, 2.75) is 26.2 Å². The van der Waals surface area contributed by atoms with Crippen LogP contribution in [0.1, 0.15) is 31.7 Å². The lowest BCUT2D eigenvalue weighted by Gasteiger charge is -2.16. The molecule has 1 heterocycles. The molecule has 0 N–H and O–H groups in total. The fourth-order valence-corrected chi connectivity index (χ4v) is 2.33. The smallest absolute Gasteiger partial charge is 0.314 e. The molecule has 0 aliphatic carbocycles. The van der Waals surface area contributed by atoms with E-state index in [4.69, 9.17) is 4.74 Å². The third-order valence-electron chi connectivity index (χ3n) is 3.62. The summed E-state index contributed by atoms with van der Waals surface area (Å²) in [7, 11) is 0. The van der Waals surface area contributed by atoms with E-state index in [-0.39, 0.29) is 17.8 Å². The molecule has 0 radical (unpaired) electrons. The van der Waals surface area contributed by atoms with Gasteiger partial charge >= 0.3 is 5.97 Å². The molecule has 1 saturated heterocycles. The predicted octanol–water partition coefficient (Wildman–Crippen LogP) is 3.50. The lowest BCUT2D eigenvalue weighted by Crippen LogP contribution is -2.16. The summed E-state index contributed by atoms with van der Waals surface area (Å²) in [6.07, 6.45) is 0.822. The maximum atomic E-state index is 11.7. The van der Waals surface area contributed by atoms with Gasteiger partial charge in [0.15, 0.2) is 0 Å². The van der Waals surface area contributed by atoms with Crippen LogP contribution in [0.25, 0.3) is 0 Å². The van der Waals surface area contributed by atoms with Crippen LogP contribution in [0, 0.1) is 11.8 Å². The molecule has 0 aromatic heterocycles. The van der Waals surface area contributed by atoms with Gasteiger partial charge in [-0.2, -0.15) is 0 Å². The molecule has 3 unspecified atom stereocenters. The summed E-state index contributed by atoms with van der Waals surface area (Å²) in [5.74, 6) is 0.944. The van der Waals surface area contributed by atoms with Crippen LogP contribution in [0.5, 0.6) is 0 Å². The van der Waals surface area contributed by atoms with Crippen LogP contribution in [-0.2, 0) is 9.53 Å². The summed E-state index contributed by atoms with van der Waals surface area (Å²) in [4.78, 5) is 11.7. The van der Waals surface area contributed by atoms with Crippen molar-refractivity contribution in [2.75, 3.05) is 0 Å². The maximum Gasteiger partial charge on any atom is 0.314 e. The van der Waals surface area contributed by atoms with Crippen molar-refractivity contribution in [3.05, 3.63) is 48.2 Å². The molecule has 90 valence electrons. The maximum absolute atomic E-state index is 11.7. The van der Waals surface area contributed by atoms with Gasteiger partial charge in [-0.15, -0.1) is 0 Å². The molecule has 2 heteroatoms. The number of carbonyl (C=O) groups excluding carboxylic acids is 1. The zero-order valence-electron chi connectivity index (χ0n) is 10.3. The summed E-state index contributed by atoms with van der Waals surface area (Å²) in [5.41, 5.74) is 1.27. The summed E-state index contributed by atoms with van der Waals surface area (Å²) in [5, 5.41) is 0. The minimum atomic E-state index is -0.120. The van der Waals surface area contributed by atoms with Gasteiger partial charge in [-0.3, -0.25) is 4.79 Å². The van der Waals surface area contributed by atoms with Gasteiger partial charge in [-0.05, 0) is 17.9 Å². The van der Waals surface area contributed by atoms with Gasteiger partial charge in [0.2, 0.25) is 0 Å². The highest BCUT2D eigenvalue weighted by atomic mass is 16.5. The molecule has 0 bridgehead atoms. The van der Waals surface area contributed by atoms with E-state index in [0.717, 1.165) is 6.42 Å².